The molecule has 0 radical (unpaired) electrons. The number of methoxy groups -OCH3 is 1. The number of fused-ring (bicyclic) bond motifs is 1. The Morgan fingerprint density at radius 3 is 2.94 bits per heavy atom. The topological polar surface area (TPSA) is 37.9 Å². The smallest absolute Gasteiger partial charge is 0.137 e. The van der Waals surface area contributed by atoms with Crippen LogP contribution in [-0.2, 0) is 0 Å². The number of nitrogens with one attached hydrogen (secondary N) is 1. The minimum Gasteiger partial charge on any atom is -0.497 e. The third-order valence-corrected chi connectivity index (χ3v) is 2.77. The van der Waals surface area contributed by atoms with Crippen molar-refractivity contribution in [1.29, 1.82) is 0 Å². The zero-order valence-electron chi connectivity index (χ0n) is 9.47. The first-order valence-corrected chi connectivity index (χ1v) is 5.45. The second kappa shape index (κ2) is 3.94. The second-order valence-electron chi connectivity index (χ2n) is 3.84. The van der Waals surface area contributed by atoms with Gasteiger partial charge in [-0.15, -0.1) is 0 Å². The maximum absolute atomic E-state index is 5.21. The van der Waals surface area contributed by atoms with Gasteiger partial charge in [0.2, 0.25) is 0 Å². The van der Waals surface area contributed by atoms with Crippen LogP contribution < -0.4 is 4.74 Å². The number of aromatic nitrogens is 2. The molecule has 84 valence electrons. The van der Waals surface area contributed by atoms with E-state index in [1.807, 2.05) is 42.6 Å². The maximum Gasteiger partial charge on any atom is 0.137 e. The van der Waals surface area contributed by atoms with Crippen LogP contribution in [0.4, 0.5) is 0 Å². The van der Waals surface area contributed by atoms with Crippen molar-refractivity contribution in [3.63, 3.8) is 0 Å². The van der Waals surface area contributed by atoms with Crippen molar-refractivity contribution < 1.29 is 4.74 Å². The van der Waals surface area contributed by atoms with Crippen molar-refractivity contribution in [3.05, 3.63) is 48.7 Å². The number of rotatable bonds is 2. The van der Waals surface area contributed by atoms with Gasteiger partial charge in [-0.05, 0) is 30.3 Å². The predicted molar refractivity (Wildman–Crippen MR) is 68.1 cm³/mol. The first-order valence-electron chi connectivity index (χ1n) is 5.45. The van der Waals surface area contributed by atoms with Crippen LogP contribution in [0.15, 0.2) is 48.7 Å². The standard InChI is InChI=1S/C14H12N2O/c1-17-12-4-2-3-11(9-12)13-6-5-10-7-8-15-14(10)16-13/h2-9H,1H3,(H,15,16). The van der Waals surface area contributed by atoms with Gasteiger partial charge in [-0.1, -0.05) is 12.1 Å². The molecule has 0 aliphatic heterocycles. The van der Waals surface area contributed by atoms with E-state index >= 15 is 0 Å². The number of H-pyrrole nitrogens is 1. The summed E-state index contributed by atoms with van der Waals surface area (Å²) in [5, 5.41) is 1.12. The minimum absolute atomic E-state index is 0.843. The molecule has 0 spiro atoms. The molecule has 17 heavy (non-hydrogen) atoms. The van der Waals surface area contributed by atoms with Gasteiger partial charge in [-0.25, -0.2) is 4.98 Å². The van der Waals surface area contributed by atoms with E-state index in [-0.39, 0.29) is 0 Å². The van der Waals surface area contributed by atoms with Crippen molar-refractivity contribution in [2.24, 2.45) is 0 Å². The van der Waals surface area contributed by atoms with E-state index in [1.54, 1.807) is 7.11 Å². The third-order valence-electron chi connectivity index (χ3n) is 2.77. The summed E-state index contributed by atoms with van der Waals surface area (Å²) in [7, 11) is 1.67. The van der Waals surface area contributed by atoms with Crippen LogP contribution in [0.3, 0.4) is 0 Å². The Hall–Kier alpha value is -2.29. The van der Waals surface area contributed by atoms with Crippen LogP contribution in [-0.4, -0.2) is 17.1 Å². The van der Waals surface area contributed by atoms with Gasteiger partial charge in [0, 0.05) is 17.1 Å². The average Bonchev–Trinajstić information content (AvgIpc) is 2.86. The summed E-state index contributed by atoms with van der Waals surface area (Å²) in [6, 6.07) is 14.0. The summed E-state index contributed by atoms with van der Waals surface area (Å²) < 4.78 is 5.21. The Morgan fingerprint density at radius 2 is 2.06 bits per heavy atom. The van der Waals surface area contributed by atoms with Crippen LogP contribution in [0.2, 0.25) is 0 Å². The highest BCUT2D eigenvalue weighted by Crippen LogP contribution is 2.23. The molecule has 2 heterocycles. The lowest BCUT2D eigenvalue weighted by Gasteiger charge is -2.04. The molecule has 3 nitrogen and oxygen atoms in total. The summed E-state index contributed by atoms with van der Waals surface area (Å²) >= 11 is 0. The number of hydrogen-bond acceptors (Lipinski definition) is 2. The fraction of sp³-hybridized carbons (Fsp3) is 0.0714. The molecule has 0 amide bonds. The number of hydrogen-bond donors (Lipinski definition) is 1. The Labute approximate surface area is 99.1 Å². The quantitative estimate of drug-likeness (QED) is 0.725. The zero-order chi connectivity index (χ0) is 11.7. The van der Waals surface area contributed by atoms with E-state index in [4.69, 9.17) is 4.74 Å². The van der Waals surface area contributed by atoms with Gasteiger partial charge in [0.05, 0.1) is 12.8 Å². The van der Waals surface area contributed by atoms with E-state index < -0.39 is 0 Å². The monoisotopic (exact) mass is 224 g/mol. The molecule has 0 saturated carbocycles. The first kappa shape index (κ1) is 9.90. The summed E-state index contributed by atoms with van der Waals surface area (Å²) in [6.45, 7) is 0. The summed E-state index contributed by atoms with van der Waals surface area (Å²) in [5.41, 5.74) is 2.91. The van der Waals surface area contributed by atoms with Gasteiger partial charge in [-0.2, -0.15) is 0 Å². The molecule has 0 aliphatic carbocycles. The Bertz CT molecular complexity index is 658. The van der Waals surface area contributed by atoms with Crippen molar-refractivity contribution in [2.45, 2.75) is 0 Å². The molecule has 3 aromatic rings. The van der Waals surface area contributed by atoms with Crippen molar-refractivity contribution in [3.8, 4) is 17.0 Å². The second-order valence-corrected chi connectivity index (χ2v) is 3.84. The van der Waals surface area contributed by atoms with Gasteiger partial charge in [0.25, 0.3) is 0 Å². The van der Waals surface area contributed by atoms with Gasteiger partial charge < -0.3 is 9.72 Å². The molecule has 0 bridgehead atoms. The van der Waals surface area contributed by atoms with Crippen LogP contribution in [0.25, 0.3) is 22.3 Å². The molecule has 0 unspecified atom stereocenters. The molecule has 1 aromatic carbocycles. The highest BCUT2D eigenvalue weighted by atomic mass is 16.5. The Balaban J connectivity index is 2.12. The number of aromatic amines is 1. The molecular formula is C14H12N2O. The molecule has 0 saturated heterocycles. The maximum atomic E-state index is 5.21. The summed E-state index contributed by atoms with van der Waals surface area (Å²) in [5.74, 6) is 0.843. The third kappa shape index (κ3) is 1.76. The van der Waals surface area contributed by atoms with E-state index in [0.717, 1.165) is 28.0 Å². The summed E-state index contributed by atoms with van der Waals surface area (Å²) in [4.78, 5) is 7.69. The molecular weight excluding hydrogens is 212 g/mol. The number of pyridine rings is 1. The van der Waals surface area contributed by atoms with Crippen molar-refractivity contribution >= 4 is 11.0 Å². The van der Waals surface area contributed by atoms with Crippen LogP contribution in [0, 0.1) is 0 Å². The number of ether oxygens (including phenoxy) is 1. The molecule has 1 N–H and O–H groups in total. The van der Waals surface area contributed by atoms with Crippen molar-refractivity contribution in [1.82, 2.24) is 9.97 Å². The average molecular weight is 224 g/mol. The number of nitrogens with zero attached hydrogens (tertiary/aromatic N) is 1. The predicted octanol–water partition coefficient (Wildman–Crippen LogP) is 3.24. The molecule has 3 rings (SSSR count). The van der Waals surface area contributed by atoms with Gasteiger partial charge >= 0.3 is 0 Å². The highest BCUT2D eigenvalue weighted by Gasteiger charge is 2.03. The lowest BCUT2D eigenvalue weighted by atomic mass is 10.1. The lowest BCUT2D eigenvalue weighted by Crippen LogP contribution is -1.86. The summed E-state index contributed by atoms with van der Waals surface area (Å²) in [6.07, 6.45) is 1.90. The molecule has 2 aromatic heterocycles. The van der Waals surface area contributed by atoms with E-state index in [9.17, 15) is 0 Å². The van der Waals surface area contributed by atoms with Crippen LogP contribution in [0.1, 0.15) is 0 Å². The minimum atomic E-state index is 0.843. The van der Waals surface area contributed by atoms with Crippen LogP contribution in [0.5, 0.6) is 5.75 Å². The van der Waals surface area contributed by atoms with E-state index in [2.05, 4.69) is 16.0 Å². The van der Waals surface area contributed by atoms with Gasteiger partial charge in [-0.3, -0.25) is 0 Å². The van der Waals surface area contributed by atoms with E-state index in [1.165, 1.54) is 0 Å². The SMILES string of the molecule is COc1cccc(-c2ccc3cc[nH]c3n2)c1. The van der Waals surface area contributed by atoms with Gasteiger partial charge in [0.1, 0.15) is 11.4 Å². The molecule has 0 aliphatic rings. The molecule has 0 atom stereocenters. The largest absolute Gasteiger partial charge is 0.497 e. The molecule has 3 heteroatoms. The number of benzene rings is 1. The van der Waals surface area contributed by atoms with Gasteiger partial charge in [0.15, 0.2) is 0 Å². The fourth-order valence-corrected chi connectivity index (χ4v) is 1.87. The lowest BCUT2D eigenvalue weighted by molar-refractivity contribution is 0.415. The zero-order valence-corrected chi connectivity index (χ0v) is 9.47. The first-order chi connectivity index (χ1) is 8.36. The Morgan fingerprint density at radius 1 is 1.12 bits per heavy atom. The highest BCUT2D eigenvalue weighted by molar-refractivity contribution is 5.78. The Kier molecular flexibility index (Phi) is 2.29. The molecule has 0 fully saturated rings. The van der Waals surface area contributed by atoms with E-state index in [0.29, 0.717) is 0 Å². The fourth-order valence-electron chi connectivity index (χ4n) is 1.87. The van der Waals surface area contributed by atoms with Crippen molar-refractivity contribution in [2.75, 3.05) is 7.11 Å². The normalized spacial score (nSPS) is 10.6. The van der Waals surface area contributed by atoms with Crippen LogP contribution >= 0.6 is 0 Å².